The van der Waals surface area contributed by atoms with Gasteiger partial charge in [-0.3, -0.25) is 4.79 Å². The fraction of sp³-hybridized carbons (Fsp3) is 0.200. The number of aliphatic carboxylic acids is 2. The van der Waals surface area contributed by atoms with Crippen LogP contribution >= 0.6 is 0 Å². The Hall–Kier alpha value is -2.56. The lowest BCUT2D eigenvalue weighted by molar-refractivity contribution is -0.142. The lowest BCUT2D eigenvalue weighted by Gasteiger charge is -2.31. The number of anilines is 1. The van der Waals surface area contributed by atoms with Crippen LogP contribution in [0.5, 0.6) is 0 Å². The van der Waals surface area contributed by atoms with Crippen LogP contribution in [0.3, 0.4) is 0 Å². The normalized spacial score (nSPS) is 21.9. The Morgan fingerprint density at radius 2 is 1.90 bits per heavy atom. The number of hydrogen-bond donors (Lipinski definition) is 3. The number of allylic oxidation sites excluding steroid dienone is 2. The molecule has 20 heavy (non-hydrogen) atoms. The monoisotopic (exact) mass is 273 g/mol. The highest BCUT2D eigenvalue weighted by atomic mass is 16.4. The minimum atomic E-state index is -1.43. The molecule has 0 amide bonds. The Morgan fingerprint density at radius 3 is 2.45 bits per heavy atom. The standard InChI is InChI=1S/C15H15NO4/c1-9-6-10(13(17)18)8-15(7-9,14(19)20)11-4-2-3-5-12(11)16/h2-7H,8,16H2,1H3,(H,17,18)(H,19,20). The van der Waals surface area contributed by atoms with Crippen molar-refractivity contribution in [3.63, 3.8) is 0 Å². The fourth-order valence-electron chi connectivity index (χ4n) is 2.57. The van der Waals surface area contributed by atoms with Crippen LogP contribution in [-0.4, -0.2) is 22.2 Å². The molecule has 1 aliphatic carbocycles. The first-order chi connectivity index (χ1) is 9.36. The maximum Gasteiger partial charge on any atom is 0.331 e. The van der Waals surface area contributed by atoms with Crippen LogP contribution in [0.1, 0.15) is 18.9 Å². The maximum absolute atomic E-state index is 11.8. The van der Waals surface area contributed by atoms with Crippen molar-refractivity contribution < 1.29 is 19.8 Å². The van der Waals surface area contributed by atoms with Gasteiger partial charge in [-0.15, -0.1) is 0 Å². The Balaban J connectivity index is 2.65. The van der Waals surface area contributed by atoms with Crippen molar-refractivity contribution in [2.75, 3.05) is 5.73 Å². The van der Waals surface area contributed by atoms with Gasteiger partial charge in [-0.2, -0.15) is 0 Å². The topological polar surface area (TPSA) is 101 Å². The third-order valence-corrected chi connectivity index (χ3v) is 3.44. The summed E-state index contributed by atoms with van der Waals surface area (Å²) in [7, 11) is 0. The van der Waals surface area contributed by atoms with Gasteiger partial charge >= 0.3 is 11.9 Å². The number of nitrogens with two attached hydrogens (primary N) is 1. The average molecular weight is 273 g/mol. The first kappa shape index (κ1) is 13.9. The lowest BCUT2D eigenvalue weighted by atomic mass is 9.71. The second-order valence-electron chi connectivity index (χ2n) is 4.90. The predicted molar refractivity (Wildman–Crippen MR) is 74.3 cm³/mol. The summed E-state index contributed by atoms with van der Waals surface area (Å²) in [5.74, 6) is -2.22. The van der Waals surface area contributed by atoms with Gasteiger partial charge in [0.2, 0.25) is 0 Å². The Bertz CT molecular complexity index is 645. The number of nitrogen functional groups attached to an aromatic ring is 1. The summed E-state index contributed by atoms with van der Waals surface area (Å²) in [6.45, 7) is 1.68. The minimum absolute atomic E-state index is 0.0654. The largest absolute Gasteiger partial charge is 0.480 e. The van der Waals surface area contributed by atoms with E-state index in [0.29, 0.717) is 16.8 Å². The van der Waals surface area contributed by atoms with Crippen molar-refractivity contribution >= 4 is 17.6 Å². The van der Waals surface area contributed by atoms with E-state index in [1.54, 1.807) is 37.3 Å². The molecule has 1 aromatic carbocycles. The molecule has 0 aromatic heterocycles. The Labute approximate surface area is 116 Å². The SMILES string of the molecule is CC1=CC(C(=O)O)(c2ccccc2N)CC(C(=O)O)=C1. The summed E-state index contributed by atoms with van der Waals surface area (Å²) >= 11 is 0. The summed E-state index contributed by atoms with van der Waals surface area (Å²) in [5, 5.41) is 18.8. The molecular formula is C15H15NO4. The van der Waals surface area contributed by atoms with Crippen molar-refractivity contribution in [2.24, 2.45) is 0 Å². The molecule has 104 valence electrons. The third-order valence-electron chi connectivity index (χ3n) is 3.44. The third kappa shape index (κ3) is 2.18. The molecule has 5 nitrogen and oxygen atoms in total. The second-order valence-corrected chi connectivity index (χ2v) is 4.90. The lowest BCUT2D eigenvalue weighted by Crippen LogP contribution is -2.37. The van der Waals surface area contributed by atoms with Gasteiger partial charge in [0.05, 0.1) is 0 Å². The fourth-order valence-corrected chi connectivity index (χ4v) is 2.57. The van der Waals surface area contributed by atoms with Gasteiger partial charge in [0.25, 0.3) is 0 Å². The van der Waals surface area contributed by atoms with E-state index < -0.39 is 17.4 Å². The van der Waals surface area contributed by atoms with Crippen molar-refractivity contribution in [1.82, 2.24) is 0 Å². The molecule has 0 aliphatic heterocycles. The molecule has 1 aliphatic rings. The quantitative estimate of drug-likeness (QED) is 0.731. The summed E-state index contributed by atoms with van der Waals surface area (Å²) in [6.07, 6.45) is 2.93. The molecule has 5 heteroatoms. The maximum atomic E-state index is 11.8. The Kier molecular flexibility index (Phi) is 3.36. The molecule has 0 spiro atoms. The number of benzene rings is 1. The van der Waals surface area contributed by atoms with Gasteiger partial charge in [0.1, 0.15) is 5.41 Å². The van der Waals surface area contributed by atoms with E-state index in [2.05, 4.69) is 0 Å². The predicted octanol–water partition coefficient (Wildman–Crippen LogP) is 1.95. The zero-order chi connectivity index (χ0) is 14.9. The number of para-hydroxylation sites is 1. The second kappa shape index (κ2) is 4.85. The number of carboxylic acid groups (broad SMARTS) is 2. The van der Waals surface area contributed by atoms with Gasteiger partial charge in [0, 0.05) is 17.7 Å². The van der Waals surface area contributed by atoms with E-state index in [0.717, 1.165) is 0 Å². The Morgan fingerprint density at radius 1 is 1.25 bits per heavy atom. The van der Waals surface area contributed by atoms with E-state index in [1.807, 2.05) is 0 Å². The van der Waals surface area contributed by atoms with Crippen LogP contribution in [0, 0.1) is 0 Å². The molecule has 2 rings (SSSR count). The highest BCUT2D eigenvalue weighted by molar-refractivity contribution is 5.94. The van der Waals surface area contributed by atoms with E-state index in [4.69, 9.17) is 10.8 Å². The highest BCUT2D eigenvalue weighted by Gasteiger charge is 2.43. The first-order valence-electron chi connectivity index (χ1n) is 6.08. The van der Waals surface area contributed by atoms with Gasteiger partial charge in [-0.05, 0) is 24.6 Å². The number of hydrogen-bond acceptors (Lipinski definition) is 3. The smallest absolute Gasteiger partial charge is 0.331 e. The zero-order valence-electron chi connectivity index (χ0n) is 11.0. The number of carbonyl (C=O) groups is 2. The molecule has 1 aromatic rings. The van der Waals surface area contributed by atoms with Crippen LogP contribution in [-0.2, 0) is 15.0 Å². The summed E-state index contributed by atoms with van der Waals surface area (Å²) in [4.78, 5) is 23.0. The number of rotatable bonds is 3. The molecule has 0 saturated heterocycles. The molecule has 0 fully saturated rings. The zero-order valence-corrected chi connectivity index (χ0v) is 11.0. The van der Waals surface area contributed by atoms with Crippen LogP contribution in [0.25, 0.3) is 0 Å². The van der Waals surface area contributed by atoms with E-state index >= 15 is 0 Å². The molecule has 0 heterocycles. The highest BCUT2D eigenvalue weighted by Crippen LogP contribution is 2.40. The molecule has 0 bridgehead atoms. The van der Waals surface area contributed by atoms with Crippen molar-refractivity contribution in [1.29, 1.82) is 0 Å². The number of carboxylic acids is 2. The van der Waals surface area contributed by atoms with E-state index in [-0.39, 0.29) is 12.0 Å². The first-order valence-corrected chi connectivity index (χ1v) is 6.08. The molecular weight excluding hydrogens is 258 g/mol. The molecule has 1 unspecified atom stereocenters. The van der Waals surface area contributed by atoms with Gasteiger partial charge in [-0.1, -0.05) is 29.8 Å². The molecule has 0 radical (unpaired) electrons. The molecule has 4 N–H and O–H groups in total. The van der Waals surface area contributed by atoms with Crippen molar-refractivity contribution in [2.45, 2.75) is 18.8 Å². The van der Waals surface area contributed by atoms with Crippen LogP contribution in [0.2, 0.25) is 0 Å². The van der Waals surface area contributed by atoms with Gasteiger partial charge in [0.15, 0.2) is 0 Å². The summed E-state index contributed by atoms with van der Waals surface area (Å²) in [6, 6.07) is 6.64. The summed E-state index contributed by atoms with van der Waals surface area (Å²) in [5.41, 5.74) is 5.87. The van der Waals surface area contributed by atoms with Crippen LogP contribution in [0.15, 0.2) is 47.6 Å². The molecule has 0 saturated carbocycles. The minimum Gasteiger partial charge on any atom is -0.480 e. The van der Waals surface area contributed by atoms with Gasteiger partial charge in [-0.25, -0.2) is 4.79 Å². The van der Waals surface area contributed by atoms with Crippen molar-refractivity contribution in [3.8, 4) is 0 Å². The van der Waals surface area contributed by atoms with Crippen molar-refractivity contribution in [3.05, 3.63) is 53.1 Å². The van der Waals surface area contributed by atoms with Crippen LogP contribution in [0.4, 0.5) is 5.69 Å². The average Bonchev–Trinajstić information content (AvgIpc) is 2.38. The molecule has 1 atom stereocenters. The summed E-state index contributed by atoms with van der Waals surface area (Å²) < 4.78 is 0. The van der Waals surface area contributed by atoms with Gasteiger partial charge < -0.3 is 15.9 Å². The van der Waals surface area contributed by atoms with E-state index in [1.165, 1.54) is 6.08 Å². The van der Waals surface area contributed by atoms with E-state index in [9.17, 15) is 14.7 Å². The van der Waals surface area contributed by atoms with Crippen LogP contribution < -0.4 is 5.73 Å².